The number of carboxylic acids is 2. The van der Waals surface area contributed by atoms with Crippen LogP contribution in [-0.4, -0.2) is 94.2 Å². The molecule has 204 valence electrons. The summed E-state index contributed by atoms with van der Waals surface area (Å²) in [5.74, 6) is -6.38. The van der Waals surface area contributed by atoms with Crippen molar-refractivity contribution in [2.24, 2.45) is 0 Å². The fourth-order valence-corrected chi connectivity index (χ4v) is 3.25. The first-order valence-corrected chi connectivity index (χ1v) is 11.5. The highest BCUT2D eigenvalue weighted by Crippen LogP contribution is 2.03. The number of unbranched alkanes of at least 4 members (excludes halogenated alkanes) is 2. The predicted molar refractivity (Wildman–Crippen MR) is 124 cm³/mol. The Morgan fingerprint density at radius 1 is 0.784 bits per heavy atom. The van der Waals surface area contributed by atoms with Crippen LogP contribution in [0.4, 0.5) is 0 Å². The van der Waals surface area contributed by atoms with E-state index in [-0.39, 0.29) is 32.0 Å². The summed E-state index contributed by atoms with van der Waals surface area (Å²) in [6.07, 6.45) is 2.44. The van der Waals surface area contributed by atoms with Gasteiger partial charge < -0.3 is 31.5 Å². The number of imide groups is 1. The second kappa shape index (κ2) is 15.6. The number of amides is 6. The third-order valence-electron chi connectivity index (χ3n) is 5.02. The molecule has 0 aromatic carbocycles. The summed E-state index contributed by atoms with van der Waals surface area (Å²) >= 11 is 0. The molecule has 0 saturated carbocycles. The Morgan fingerprint density at radius 2 is 1.35 bits per heavy atom. The second-order valence-corrected chi connectivity index (χ2v) is 8.12. The largest absolute Gasteiger partial charge is 0.481 e. The number of carboxylic acid groups (broad SMARTS) is 2. The number of nitrogens with zero attached hydrogens (tertiary/aromatic N) is 1. The van der Waals surface area contributed by atoms with Crippen LogP contribution < -0.4 is 21.3 Å². The van der Waals surface area contributed by atoms with Gasteiger partial charge in [-0.2, -0.15) is 0 Å². The fraction of sp³-hybridized carbons (Fsp3) is 0.545. The molecule has 0 aliphatic carbocycles. The van der Waals surface area contributed by atoms with Crippen molar-refractivity contribution in [3.05, 3.63) is 12.2 Å². The van der Waals surface area contributed by atoms with E-state index in [1.807, 2.05) is 0 Å². The molecule has 0 aromatic heterocycles. The molecule has 0 fully saturated rings. The molecular formula is C22H31N5O10. The molecule has 1 aliphatic rings. The van der Waals surface area contributed by atoms with E-state index in [0.29, 0.717) is 19.3 Å². The molecule has 0 aromatic rings. The fourth-order valence-electron chi connectivity index (χ4n) is 3.25. The maximum atomic E-state index is 12.4. The SMILES string of the molecule is CC(=O)N[C@@H](CC(=O)O)C(=O)N[C@@H](CC(=O)O)C(=O)NCCCCCC(=O)NCCN1C(=O)C=CC1=O. The van der Waals surface area contributed by atoms with Crippen LogP contribution in [0.3, 0.4) is 0 Å². The number of carbonyl (C=O) groups excluding carboxylic acids is 6. The molecular weight excluding hydrogens is 494 g/mol. The number of rotatable bonds is 17. The molecule has 15 heteroatoms. The maximum absolute atomic E-state index is 12.4. The first-order valence-electron chi connectivity index (χ1n) is 11.5. The van der Waals surface area contributed by atoms with E-state index in [9.17, 15) is 38.4 Å². The molecule has 6 amide bonds. The third-order valence-corrected chi connectivity index (χ3v) is 5.02. The van der Waals surface area contributed by atoms with Crippen molar-refractivity contribution < 1.29 is 48.6 Å². The van der Waals surface area contributed by atoms with Crippen LogP contribution in [0.25, 0.3) is 0 Å². The summed E-state index contributed by atoms with van der Waals surface area (Å²) in [4.78, 5) is 93.7. The van der Waals surface area contributed by atoms with Crippen LogP contribution in [0.5, 0.6) is 0 Å². The van der Waals surface area contributed by atoms with Gasteiger partial charge in [0.1, 0.15) is 12.1 Å². The smallest absolute Gasteiger partial charge is 0.305 e. The summed E-state index contributed by atoms with van der Waals surface area (Å²) in [5, 5.41) is 27.3. The maximum Gasteiger partial charge on any atom is 0.305 e. The molecule has 37 heavy (non-hydrogen) atoms. The van der Waals surface area contributed by atoms with Crippen molar-refractivity contribution in [2.75, 3.05) is 19.6 Å². The molecule has 1 rings (SSSR count). The second-order valence-electron chi connectivity index (χ2n) is 8.12. The van der Waals surface area contributed by atoms with Crippen molar-refractivity contribution in [1.82, 2.24) is 26.2 Å². The van der Waals surface area contributed by atoms with E-state index >= 15 is 0 Å². The topological polar surface area (TPSA) is 228 Å². The summed E-state index contributed by atoms with van der Waals surface area (Å²) in [7, 11) is 0. The van der Waals surface area contributed by atoms with Crippen LogP contribution in [0.1, 0.15) is 45.4 Å². The number of carbonyl (C=O) groups is 8. The van der Waals surface area contributed by atoms with Crippen molar-refractivity contribution in [3.8, 4) is 0 Å². The number of hydrogen-bond donors (Lipinski definition) is 6. The minimum atomic E-state index is -1.49. The molecule has 15 nitrogen and oxygen atoms in total. The molecule has 6 N–H and O–H groups in total. The Labute approximate surface area is 212 Å². The highest BCUT2D eigenvalue weighted by molar-refractivity contribution is 6.12. The zero-order chi connectivity index (χ0) is 28.0. The van der Waals surface area contributed by atoms with Gasteiger partial charge in [-0.25, -0.2) is 0 Å². The molecule has 0 bridgehead atoms. The lowest BCUT2D eigenvalue weighted by atomic mass is 10.1. The first-order chi connectivity index (χ1) is 17.4. The van der Waals surface area contributed by atoms with Gasteiger partial charge in [0, 0.05) is 45.1 Å². The van der Waals surface area contributed by atoms with Crippen molar-refractivity contribution >= 4 is 47.4 Å². The Bertz CT molecular complexity index is 914. The van der Waals surface area contributed by atoms with Crippen molar-refractivity contribution in [1.29, 1.82) is 0 Å². The monoisotopic (exact) mass is 525 g/mol. The Morgan fingerprint density at radius 3 is 1.89 bits per heavy atom. The van der Waals surface area contributed by atoms with E-state index in [1.165, 1.54) is 0 Å². The normalized spacial score (nSPS) is 14.0. The zero-order valence-electron chi connectivity index (χ0n) is 20.3. The van der Waals surface area contributed by atoms with Crippen LogP contribution in [0, 0.1) is 0 Å². The summed E-state index contributed by atoms with van der Waals surface area (Å²) < 4.78 is 0. The standard InChI is InChI=1S/C22H31N5O10/c1-13(28)25-15(12-20(34)35)22(37)26-14(11-19(32)33)21(36)24-8-4-2-3-5-16(29)23-9-10-27-17(30)6-7-18(27)31/h6-7,14-15H,2-5,8-12H2,1H3,(H,23,29)(H,24,36)(H,25,28)(H,26,37)(H,32,33)(H,34,35)/t14-,15-/m0/s1. The van der Waals surface area contributed by atoms with Crippen LogP contribution in [0.15, 0.2) is 12.2 Å². The highest BCUT2D eigenvalue weighted by atomic mass is 16.4. The van der Waals surface area contributed by atoms with Gasteiger partial charge in [-0.05, 0) is 12.8 Å². The molecule has 0 spiro atoms. The lowest BCUT2D eigenvalue weighted by molar-refractivity contribution is -0.143. The van der Waals surface area contributed by atoms with E-state index < -0.39 is 66.4 Å². The average molecular weight is 526 g/mol. The number of hydrogen-bond acceptors (Lipinski definition) is 8. The van der Waals surface area contributed by atoms with Crippen molar-refractivity contribution in [2.45, 2.75) is 57.5 Å². The highest BCUT2D eigenvalue weighted by Gasteiger charge is 2.29. The van der Waals surface area contributed by atoms with Gasteiger partial charge in [-0.3, -0.25) is 43.3 Å². The van der Waals surface area contributed by atoms with Crippen LogP contribution in [0.2, 0.25) is 0 Å². The molecule has 1 heterocycles. The van der Waals surface area contributed by atoms with Crippen LogP contribution in [-0.2, 0) is 38.4 Å². The molecule has 0 radical (unpaired) electrons. The van der Waals surface area contributed by atoms with E-state index in [4.69, 9.17) is 10.2 Å². The van der Waals surface area contributed by atoms with E-state index in [0.717, 1.165) is 24.0 Å². The predicted octanol–water partition coefficient (Wildman–Crippen LogP) is -2.36. The Balaban J connectivity index is 2.36. The first kappa shape index (κ1) is 30.7. The zero-order valence-corrected chi connectivity index (χ0v) is 20.3. The summed E-state index contributed by atoms with van der Waals surface area (Å²) in [6.45, 7) is 1.39. The molecule has 2 atom stereocenters. The van der Waals surface area contributed by atoms with Gasteiger partial charge in [0.25, 0.3) is 11.8 Å². The molecule has 0 unspecified atom stereocenters. The average Bonchev–Trinajstić information content (AvgIpc) is 3.11. The van der Waals surface area contributed by atoms with Gasteiger partial charge in [0.15, 0.2) is 0 Å². The van der Waals surface area contributed by atoms with Crippen LogP contribution >= 0.6 is 0 Å². The molecule has 1 aliphatic heterocycles. The van der Waals surface area contributed by atoms with E-state index in [2.05, 4.69) is 21.3 Å². The quantitative estimate of drug-likeness (QED) is 0.0874. The molecule has 0 saturated heterocycles. The third kappa shape index (κ3) is 12.3. The minimum absolute atomic E-state index is 0.0678. The van der Waals surface area contributed by atoms with Gasteiger partial charge in [-0.1, -0.05) is 6.42 Å². The van der Waals surface area contributed by atoms with Gasteiger partial charge in [-0.15, -0.1) is 0 Å². The summed E-state index contributed by atoms with van der Waals surface area (Å²) in [5.41, 5.74) is 0. The number of nitrogens with one attached hydrogen (secondary N) is 4. The van der Waals surface area contributed by atoms with Gasteiger partial charge in [0.2, 0.25) is 23.6 Å². The van der Waals surface area contributed by atoms with E-state index in [1.54, 1.807) is 0 Å². The number of aliphatic carboxylic acids is 2. The Hall–Kier alpha value is -4.30. The lowest BCUT2D eigenvalue weighted by Crippen LogP contribution is -2.54. The lowest BCUT2D eigenvalue weighted by Gasteiger charge is -2.21. The van der Waals surface area contributed by atoms with Gasteiger partial charge in [0.05, 0.1) is 12.8 Å². The van der Waals surface area contributed by atoms with Crippen molar-refractivity contribution in [3.63, 3.8) is 0 Å². The minimum Gasteiger partial charge on any atom is -0.481 e. The van der Waals surface area contributed by atoms with Gasteiger partial charge >= 0.3 is 11.9 Å². The summed E-state index contributed by atoms with van der Waals surface area (Å²) in [6, 6.07) is -2.98. The Kier molecular flexibility index (Phi) is 13.0.